The van der Waals surface area contributed by atoms with Gasteiger partial charge in [-0.05, 0) is 32.0 Å². The van der Waals surface area contributed by atoms with Gasteiger partial charge in [0.1, 0.15) is 5.82 Å². The maximum atomic E-state index is 13.2. The molecule has 1 aliphatic rings. The standard InChI is InChI=1S/C20H22Cl2FN5O2/c1-3-26(4-2)20-24-12-16(22)17(25-20)19(30)28-9-7-27(8-10-28)18(29)14-6-5-13(23)11-15(14)21/h5-6,11-12H,3-4,7-10H2,1-2H3. The van der Waals surface area contributed by atoms with Crippen LogP contribution in [-0.4, -0.2) is 70.9 Å². The van der Waals surface area contributed by atoms with Crippen LogP contribution in [0.2, 0.25) is 10.0 Å². The Morgan fingerprint density at radius 2 is 1.63 bits per heavy atom. The lowest BCUT2D eigenvalue weighted by Gasteiger charge is -2.35. The van der Waals surface area contributed by atoms with Crippen LogP contribution < -0.4 is 4.90 Å². The Bertz CT molecular complexity index is 947. The van der Waals surface area contributed by atoms with Gasteiger partial charge in [-0.2, -0.15) is 0 Å². The highest BCUT2D eigenvalue weighted by Gasteiger charge is 2.28. The number of piperazine rings is 1. The van der Waals surface area contributed by atoms with E-state index >= 15 is 0 Å². The van der Waals surface area contributed by atoms with E-state index in [1.54, 1.807) is 9.80 Å². The van der Waals surface area contributed by atoms with Crippen molar-refractivity contribution in [1.29, 1.82) is 0 Å². The number of hydrogen-bond donors (Lipinski definition) is 0. The second kappa shape index (κ2) is 9.57. The van der Waals surface area contributed by atoms with Crippen molar-refractivity contribution < 1.29 is 14.0 Å². The number of rotatable bonds is 5. The van der Waals surface area contributed by atoms with Gasteiger partial charge in [-0.25, -0.2) is 14.4 Å². The summed E-state index contributed by atoms with van der Waals surface area (Å²) >= 11 is 12.2. The number of aromatic nitrogens is 2. The Labute approximate surface area is 184 Å². The summed E-state index contributed by atoms with van der Waals surface area (Å²) in [5.74, 6) is -0.649. The molecule has 0 bridgehead atoms. The second-order valence-corrected chi connectivity index (χ2v) is 7.56. The fourth-order valence-corrected chi connectivity index (χ4v) is 3.68. The lowest BCUT2D eigenvalue weighted by atomic mass is 10.1. The first kappa shape index (κ1) is 22.2. The van der Waals surface area contributed by atoms with Gasteiger partial charge in [-0.3, -0.25) is 9.59 Å². The lowest BCUT2D eigenvalue weighted by molar-refractivity contribution is 0.0532. The molecule has 1 aliphatic heterocycles. The number of amides is 2. The molecular weight excluding hydrogens is 432 g/mol. The summed E-state index contributed by atoms with van der Waals surface area (Å²) < 4.78 is 13.2. The van der Waals surface area contributed by atoms with E-state index in [0.717, 1.165) is 6.07 Å². The third kappa shape index (κ3) is 4.65. The van der Waals surface area contributed by atoms with Crippen LogP contribution in [0.1, 0.15) is 34.7 Å². The maximum Gasteiger partial charge on any atom is 0.274 e. The van der Waals surface area contributed by atoms with E-state index in [-0.39, 0.29) is 33.1 Å². The highest BCUT2D eigenvalue weighted by Crippen LogP contribution is 2.22. The van der Waals surface area contributed by atoms with Gasteiger partial charge in [0.25, 0.3) is 11.8 Å². The third-order valence-electron chi connectivity index (χ3n) is 5.00. The van der Waals surface area contributed by atoms with E-state index in [9.17, 15) is 14.0 Å². The summed E-state index contributed by atoms with van der Waals surface area (Å²) in [6.45, 7) is 6.67. The third-order valence-corrected chi connectivity index (χ3v) is 5.59. The Balaban J connectivity index is 1.70. The van der Waals surface area contributed by atoms with Crippen molar-refractivity contribution >= 4 is 41.0 Å². The van der Waals surface area contributed by atoms with E-state index in [1.165, 1.54) is 18.3 Å². The lowest BCUT2D eigenvalue weighted by Crippen LogP contribution is -2.50. The maximum absolute atomic E-state index is 13.2. The van der Waals surface area contributed by atoms with E-state index in [2.05, 4.69) is 9.97 Å². The van der Waals surface area contributed by atoms with Crippen LogP contribution in [-0.2, 0) is 0 Å². The van der Waals surface area contributed by atoms with E-state index in [4.69, 9.17) is 23.2 Å². The molecule has 160 valence electrons. The summed E-state index contributed by atoms with van der Waals surface area (Å²) in [6, 6.07) is 3.68. The molecular formula is C20H22Cl2FN5O2. The highest BCUT2D eigenvalue weighted by atomic mass is 35.5. The molecule has 30 heavy (non-hydrogen) atoms. The normalized spacial score (nSPS) is 14.0. The largest absolute Gasteiger partial charge is 0.341 e. The smallest absolute Gasteiger partial charge is 0.274 e. The second-order valence-electron chi connectivity index (χ2n) is 6.75. The highest BCUT2D eigenvalue weighted by molar-refractivity contribution is 6.34. The Morgan fingerprint density at radius 3 is 2.20 bits per heavy atom. The average Bonchev–Trinajstić information content (AvgIpc) is 2.75. The van der Waals surface area contributed by atoms with E-state index in [0.29, 0.717) is 45.2 Å². The van der Waals surface area contributed by atoms with Crippen LogP contribution in [0.25, 0.3) is 0 Å². The van der Waals surface area contributed by atoms with Crippen molar-refractivity contribution in [3.05, 3.63) is 51.5 Å². The number of halogens is 3. The summed E-state index contributed by atoms with van der Waals surface area (Å²) in [4.78, 5) is 39.4. The molecule has 0 aliphatic carbocycles. The zero-order valence-corrected chi connectivity index (χ0v) is 18.3. The Kier molecular flexibility index (Phi) is 7.10. The molecule has 1 aromatic carbocycles. The summed E-state index contributed by atoms with van der Waals surface area (Å²) in [7, 11) is 0. The quantitative estimate of drug-likeness (QED) is 0.693. The molecule has 1 saturated heterocycles. The van der Waals surface area contributed by atoms with Crippen LogP contribution in [0, 0.1) is 5.82 Å². The van der Waals surface area contributed by atoms with Crippen molar-refractivity contribution in [1.82, 2.24) is 19.8 Å². The van der Waals surface area contributed by atoms with Crippen LogP contribution in [0.3, 0.4) is 0 Å². The van der Waals surface area contributed by atoms with Gasteiger partial charge in [-0.15, -0.1) is 0 Å². The monoisotopic (exact) mass is 453 g/mol. The topological polar surface area (TPSA) is 69.6 Å². The number of nitrogens with zero attached hydrogens (tertiary/aromatic N) is 5. The predicted octanol–water partition coefficient (Wildman–Crippen LogP) is 3.37. The van der Waals surface area contributed by atoms with Crippen LogP contribution >= 0.6 is 23.2 Å². The molecule has 0 saturated carbocycles. The molecule has 10 heteroatoms. The first-order chi connectivity index (χ1) is 14.3. The van der Waals surface area contributed by atoms with Gasteiger partial charge in [0, 0.05) is 39.3 Å². The van der Waals surface area contributed by atoms with E-state index in [1.807, 2.05) is 18.7 Å². The molecule has 2 amide bonds. The molecule has 0 atom stereocenters. The van der Waals surface area contributed by atoms with Crippen LogP contribution in [0.15, 0.2) is 24.4 Å². The summed E-state index contributed by atoms with van der Waals surface area (Å²) in [5, 5.41) is 0.253. The molecule has 2 aromatic rings. The molecule has 0 unspecified atom stereocenters. The average molecular weight is 454 g/mol. The molecule has 0 N–H and O–H groups in total. The van der Waals surface area contributed by atoms with Crippen molar-refractivity contribution in [3.8, 4) is 0 Å². The van der Waals surface area contributed by atoms with Gasteiger partial charge >= 0.3 is 0 Å². The zero-order chi connectivity index (χ0) is 21.8. The van der Waals surface area contributed by atoms with Crippen molar-refractivity contribution in [2.75, 3.05) is 44.2 Å². The molecule has 2 heterocycles. The van der Waals surface area contributed by atoms with Crippen LogP contribution in [0.4, 0.5) is 10.3 Å². The van der Waals surface area contributed by atoms with Gasteiger partial charge < -0.3 is 14.7 Å². The van der Waals surface area contributed by atoms with E-state index < -0.39 is 5.82 Å². The Hall–Kier alpha value is -2.45. The first-order valence-corrected chi connectivity index (χ1v) is 10.4. The van der Waals surface area contributed by atoms with Gasteiger partial charge in [0.15, 0.2) is 5.69 Å². The number of hydrogen-bond acceptors (Lipinski definition) is 5. The Morgan fingerprint density at radius 1 is 1.03 bits per heavy atom. The molecule has 1 aromatic heterocycles. The van der Waals surface area contributed by atoms with Crippen molar-refractivity contribution in [3.63, 3.8) is 0 Å². The van der Waals surface area contributed by atoms with Gasteiger partial charge in [0.05, 0.1) is 21.8 Å². The van der Waals surface area contributed by atoms with Crippen molar-refractivity contribution in [2.24, 2.45) is 0 Å². The number of carbonyl (C=O) groups is 2. The summed E-state index contributed by atoms with van der Waals surface area (Å²) in [6.07, 6.45) is 1.44. The minimum Gasteiger partial charge on any atom is -0.341 e. The molecule has 3 rings (SSSR count). The van der Waals surface area contributed by atoms with Crippen LogP contribution in [0.5, 0.6) is 0 Å². The molecule has 0 radical (unpaired) electrons. The van der Waals surface area contributed by atoms with Gasteiger partial charge in [0.2, 0.25) is 5.95 Å². The molecule has 0 spiro atoms. The SMILES string of the molecule is CCN(CC)c1ncc(Cl)c(C(=O)N2CCN(C(=O)c3ccc(F)cc3Cl)CC2)n1. The number of anilines is 1. The van der Waals surface area contributed by atoms with Gasteiger partial charge in [-0.1, -0.05) is 23.2 Å². The molecule has 7 nitrogen and oxygen atoms in total. The minimum absolute atomic E-state index is 0.0650. The van der Waals surface area contributed by atoms with Crippen molar-refractivity contribution in [2.45, 2.75) is 13.8 Å². The predicted molar refractivity (Wildman–Crippen MR) is 114 cm³/mol. The number of benzene rings is 1. The zero-order valence-electron chi connectivity index (χ0n) is 16.7. The first-order valence-electron chi connectivity index (χ1n) is 9.66. The number of carbonyl (C=O) groups excluding carboxylic acids is 2. The molecule has 1 fully saturated rings. The fraction of sp³-hybridized carbons (Fsp3) is 0.400. The minimum atomic E-state index is -0.502. The fourth-order valence-electron chi connectivity index (χ4n) is 3.26. The summed E-state index contributed by atoms with van der Waals surface area (Å²) in [5.41, 5.74) is 0.385.